The first kappa shape index (κ1) is 19.0. The molecule has 0 unspecified atom stereocenters. The summed E-state index contributed by atoms with van der Waals surface area (Å²) in [5.74, 6) is 1.11. The third kappa shape index (κ3) is 5.09. The number of amides is 1. The van der Waals surface area contributed by atoms with Crippen LogP contribution in [-0.2, 0) is 24.4 Å². The van der Waals surface area contributed by atoms with Gasteiger partial charge in [-0.05, 0) is 23.1 Å². The first-order valence-corrected chi connectivity index (χ1v) is 9.47. The molecule has 2 aromatic rings. The summed E-state index contributed by atoms with van der Waals surface area (Å²) >= 11 is 0. The number of hydrogen-bond donors (Lipinski definition) is 1. The summed E-state index contributed by atoms with van der Waals surface area (Å²) in [7, 11) is 3.84. The Labute approximate surface area is 161 Å². The van der Waals surface area contributed by atoms with Crippen molar-refractivity contribution in [2.45, 2.75) is 32.5 Å². The van der Waals surface area contributed by atoms with Crippen LogP contribution in [-0.4, -0.2) is 42.3 Å². The molecule has 142 valence electrons. The maximum Gasteiger partial charge on any atom is 0.222 e. The van der Waals surface area contributed by atoms with Gasteiger partial charge < -0.3 is 15.1 Å². The highest BCUT2D eigenvalue weighted by Crippen LogP contribution is 2.17. The lowest BCUT2D eigenvalue weighted by atomic mass is 10.1. The Morgan fingerprint density at radius 1 is 1.11 bits per heavy atom. The van der Waals surface area contributed by atoms with Crippen LogP contribution in [0.15, 0.2) is 59.6 Å². The van der Waals surface area contributed by atoms with Gasteiger partial charge in [0.2, 0.25) is 5.91 Å². The average Bonchev–Trinajstić information content (AvgIpc) is 3.09. The molecule has 1 heterocycles. The minimum Gasteiger partial charge on any atom is -0.352 e. The van der Waals surface area contributed by atoms with Crippen LogP contribution in [0.3, 0.4) is 0 Å². The van der Waals surface area contributed by atoms with Crippen molar-refractivity contribution in [1.82, 2.24) is 15.1 Å². The zero-order valence-electron chi connectivity index (χ0n) is 16.2. The zero-order valence-corrected chi connectivity index (χ0v) is 16.2. The van der Waals surface area contributed by atoms with E-state index in [9.17, 15) is 4.79 Å². The molecule has 0 aliphatic carbocycles. The molecule has 1 N–H and O–H groups in total. The number of carbonyl (C=O) groups excluding carboxylic acids is 1. The Bertz CT molecular complexity index is 788. The number of benzene rings is 2. The van der Waals surface area contributed by atoms with Gasteiger partial charge in [-0.15, -0.1) is 0 Å². The SMILES string of the molecule is CN=C(NCc1ccccc1CN1CCCC1=O)N(C)Cc1ccccc1. The fourth-order valence-corrected chi connectivity index (χ4v) is 3.45. The summed E-state index contributed by atoms with van der Waals surface area (Å²) in [6.45, 7) is 3.03. The molecule has 5 nitrogen and oxygen atoms in total. The predicted octanol–water partition coefficient (Wildman–Crippen LogP) is 3.02. The highest BCUT2D eigenvalue weighted by molar-refractivity contribution is 5.79. The molecule has 0 aromatic heterocycles. The molecule has 0 atom stereocenters. The average molecular weight is 364 g/mol. The van der Waals surface area contributed by atoms with E-state index in [1.807, 2.05) is 30.1 Å². The van der Waals surface area contributed by atoms with Gasteiger partial charge in [0.05, 0.1) is 0 Å². The van der Waals surface area contributed by atoms with Gasteiger partial charge in [0.15, 0.2) is 5.96 Å². The number of hydrogen-bond acceptors (Lipinski definition) is 2. The molecule has 1 aliphatic rings. The van der Waals surface area contributed by atoms with Gasteiger partial charge in [0.25, 0.3) is 0 Å². The molecular weight excluding hydrogens is 336 g/mol. The fourth-order valence-electron chi connectivity index (χ4n) is 3.45. The van der Waals surface area contributed by atoms with E-state index in [1.54, 1.807) is 7.05 Å². The van der Waals surface area contributed by atoms with E-state index in [0.29, 0.717) is 19.5 Å². The molecule has 5 heteroatoms. The normalized spacial score (nSPS) is 14.5. The highest BCUT2D eigenvalue weighted by Gasteiger charge is 2.20. The van der Waals surface area contributed by atoms with Gasteiger partial charge >= 0.3 is 0 Å². The van der Waals surface area contributed by atoms with Gasteiger partial charge in [-0.2, -0.15) is 0 Å². The summed E-state index contributed by atoms with van der Waals surface area (Å²) in [4.78, 5) is 20.4. The van der Waals surface area contributed by atoms with E-state index in [-0.39, 0.29) is 5.91 Å². The Morgan fingerprint density at radius 3 is 2.48 bits per heavy atom. The van der Waals surface area contributed by atoms with Crippen LogP contribution >= 0.6 is 0 Å². The molecule has 0 radical (unpaired) electrons. The summed E-state index contributed by atoms with van der Waals surface area (Å²) in [6.07, 6.45) is 1.65. The van der Waals surface area contributed by atoms with Crippen LogP contribution in [0.5, 0.6) is 0 Å². The van der Waals surface area contributed by atoms with E-state index in [4.69, 9.17) is 0 Å². The van der Waals surface area contributed by atoms with Crippen molar-refractivity contribution in [3.63, 3.8) is 0 Å². The molecule has 1 aliphatic heterocycles. The van der Waals surface area contributed by atoms with Crippen molar-refractivity contribution in [3.05, 3.63) is 71.3 Å². The van der Waals surface area contributed by atoms with Crippen molar-refractivity contribution in [1.29, 1.82) is 0 Å². The molecule has 0 bridgehead atoms. The second kappa shape index (κ2) is 9.21. The second-order valence-electron chi connectivity index (χ2n) is 6.93. The van der Waals surface area contributed by atoms with E-state index >= 15 is 0 Å². The summed E-state index contributed by atoms with van der Waals surface area (Å²) in [5, 5.41) is 3.45. The standard InChI is InChI=1S/C22H28N4O/c1-23-22(25(2)16-18-9-4-3-5-10-18)24-15-19-11-6-7-12-20(19)17-26-14-8-13-21(26)27/h3-7,9-12H,8,13-17H2,1-2H3,(H,23,24). The summed E-state index contributed by atoms with van der Waals surface area (Å²) in [6, 6.07) is 18.7. The Morgan fingerprint density at radius 2 is 1.81 bits per heavy atom. The fraction of sp³-hybridized carbons (Fsp3) is 0.364. The lowest BCUT2D eigenvalue weighted by Gasteiger charge is -2.23. The van der Waals surface area contributed by atoms with Crippen LogP contribution in [0.2, 0.25) is 0 Å². The van der Waals surface area contributed by atoms with Gasteiger partial charge in [0.1, 0.15) is 0 Å². The van der Waals surface area contributed by atoms with Crippen LogP contribution in [0, 0.1) is 0 Å². The van der Waals surface area contributed by atoms with E-state index in [1.165, 1.54) is 16.7 Å². The number of nitrogens with one attached hydrogen (secondary N) is 1. The Hall–Kier alpha value is -2.82. The Balaban J connectivity index is 1.62. The number of carbonyl (C=O) groups is 1. The topological polar surface area (TPSA) is 47.9 Å². The maximum absolute atomic E-state index is 11.9. The number of guanidine groups is 1. The van der Waals surface area contributed by atoms with Gasteiger partial charge in [-0.3, -0.25) is 9.79 Å². The van der Waals surface area contributed by atoms with Crippen molar-refractivity contribution >= 4 is 11.9 Å². The number of rotatable bonds is 6. The van der Waals surface area contributed by atoms with E-state index < -0.39 is 0 Å². The van der Waals surface area contributed by atoms with Gasteiger partial charge in [-0.25, -0.2) is 0 Å². The monoisotopic (exact) mass is 364 g/mol. The predicted molar refractivity (Wildman–Crippen MR) is 109 cm³/mol. The molecule has 1 amide bonds. The Kier molecular flexibility index (Phi) is 6.47. The van der Waals surface area contributed by atoms with Gasteiger partial charge in [0, 0.05) is 46.7 Å². The van der Waals surface area contributed by atoms with Crippen molar-refractivity contribution < 1.29 is 4.79 Å². The minimum atomic E-state index is 0.260. The molecule has 2 aromatic carbocycles. The van der Waals surface area contributed by atoms with Crippen LogP contribution in [0.1, 0.15) is 29.5 Å². The number of nitrogens with zero attached hydrogens (tertiary/aromatic N) is 3. The maximum atomic E-state index is 11.9. The summed E-state index contributed by atoms with van der Waals surface area (Å²) < 4.78 is 0. The lowest BCUT2D eigenvalue weighted by Crippen LogP contribution is -2.38. The van der Waals surface area contributed by atoms with Crippen molar-refractivity contribution in [3.8, 4) is 0 Å². The molecule has 1 saturated heterocycles. The molecule has 0 spiro atoms. The smallest absolute Gasteiger partial charge is 0.222 e. The van der Waals surface area contributed by atoms with Crippen LogP contribution < -0.4 is 5.32 Å². The molecule has 27 heavy (non-hydrogen) atoms. The third-order valence-electron chi connectivity index (χ3n) is 4.92. The van der Waals surface area contributed by atoms with Crippen LogP contribution in [0.25, 0.3) is 0 Å². The number of aliphatic imine (C=N–C) groups is 1. The molecular formula is C22H28N4O. The molecule has 0 saturated carbocycles. The highest BCUT2D eigenvalue weighted by atomic mass is 16.2. The summed E-state index contributed by atoms with van der Waals surface area (Å²) in [5.41, 5.74) is 3.64. The molecule has 1 fully saturated rings. The lowest BCUT2D eigenvalue weighted by molar-refractivity contribution is -0.128. The first-order valence-electron chi connectivity index (χ1n) is 9.47. The minimum absolute atomic E-state index is 0.260. The molecule has 3 rings (SSSR count). The van der Waals surface area contributed by atoms with Gasteiger partial charge in [-0.1, -0.05) is 54.6 Å². The second-order valence-corrected chi connectivity index (χ2v) is 6.93. The largest absolute Gasteiger partial charge is 0.352 e. The van der Waals surface area contributed by atoms with Crippen molar-refractivity contribution in [2.24, 2.45) is 4.99 Å². The van der Waals surface area contributed by atoms with E-state index in [0.717, 1.165) is 25.5 Å². The van der Waals surface area contributed by atoms with E-state index in [2.05, 4.69) is 51.6 Å². The van der Waals surface area contributed by atoms with Crippen LogP contribution in [0.4, 0.5) is 0 Å². The zero-order chi connectivity index (χ0) is 19.1. The number of likely N-dealkylation sites (tertiary alicyclic amines) is 1. The van der Waals surface area contributed by atoms with Crippen molar-refractivity contribution in [2.75, 3.05) is 20.6 Å². The quantitative estimate of drug-likeness (QED) is 0.633. The third-order valence-corrected chi connectivity index (χ3v) is 4.92. The first-order chi connectivity index (χ1) is 13.2.